The van der Waals surface area contributed by atoms with E-state index in [1.807, 2.05) is 6.20 Å². The fraction of sp³-hybridized carbons (Fsp3) is 0.800. The molecule has 0 bridgehead atoms. The van der Waals surface area contributed by atoms with Crippen molar-refractivity contribution in [3.8, 4) is 0 Å². The van der Waals surface area contributed by atoms with Crippen LogP contribution in [0, 0.1) is 0 Å². The monoisotopic (exact) mass is 294 g/mol. The van der Waals surface area contributed by atoms with Crippen LogP contribution in [0.1, 0.15) is 32.6 Å². The van der Waals surface area contributed by atoms with Crippen LogP contribution in [0.15, 0.2) is 11.6 Å². The fourth-order valence-corrected chi connectivity index (χ4v) is 4.06. The molecule has 112 valence electrons. The first kappa shape index (κ1) is 14.3. The molecule has 1 aromatic heterocycles. The van der Waals surface area contributed by atoms with E-state index >= 15 is 0 Å². The van der Waals surface area contributed by atoms with Crippen molar-refractivity contribution in [2.24, 2.45) is 0 Å². The van der Waals surface area contributed by atoms with Gasteiger partial charge in [0.25, 0.3) is 0 Å². The summed E-state index contributed by atoms with van der Waals surface area (Å²) in [4.78, 5) is 9.41. The maximum Gasteiger partial charge on any atom is 0.185 e. The van der Waals surface area contributed by atoms with E-state index in [4.69, 9.17) is 0 Å². The van der Waals surface area contributed by atoms with Crippen LogP contribution in [0.25, 0.3) is 0 Å². The lowest BCUT2D eigenvalue weighted by molar-refractivity contribution is 0.194. The van der Waals surface area contributed by atoms with E-state index in [0.29, 0.717) is 6.04 Å². The first-order valence-corrected chi connectivity index (χ1v) is 8.86. The molecule has 3 rings (SSSR count). The summed E-state index contributed by atoms with van der Waals surface area (Å²) in [5.41, 5.74) is 0. The van der Waals surface area contributed by atoms with Crippen LogP contribution in [0.5, 0.6) is 0 Å². The predicted octanol–water partition coefficient (Wildman–Crippen LogP) is 2.19. The third-order valence-corrected chi connectivity index (χ3v) is 5.52. The zero-order valence-electron chi connectivity index (χ0n) is 12.4. The molecule has 2 aliphatic heterocycles. The molecule has 0 aliphatic carbocycles. The molecule has 4 nitrogen and oxygen atoms in total. The van der Waals surface area contributed by atoms with Crippen molar-refractivity contribution in [2.45, 2.75) is 44.7 Å². The second-order valence-corrected chi connectivity index (χ2v) is 6.82. The van der Waals surface area contributed by atoms with E-state index in [0.717, 1.165) is 19.1 Å². The maximum atomic E-state index is 4.42. The number of anilines is 1. The highest BCUT2D eigenvalue weighted by Crippen LogP contribution is 2.22. The molecular formula is C15H26N4S. The normalized spacial score (nSPS) is 23.4. The summed E-state index contributed by atoms with van der Waals surface area (Å²) in [7, 11) is 0. The van der Waals surface area contributed by atoms with Gasteiger partial charge in [0.05, 0.1) is 0 Å². The highest BCUT2D eigenvalue weighted by atomic mass is 32.1. The van der Waals surface area contributed by atoms with Gasteiger partial charge in [-0.25, -0.2) is 4.98 Å². The van der Waals surface area contributed by atoms with E-state index in [-0.39, 0.29) is 0 Å². The van der Waals surface area contributed by atoms with Crippen LogP contribution in [-0.2, 0) is 0 Å². The largest absolute Gasteiger partial charge is 0.348 e. The fourth-order valence-electron chi connectivity index (χ4n) is 3.36. The van der Waals surface area contributed by atoms with Crippen LogP contribution < -0.4 is 10.2 Å². The van der Waals surface area contributed by atoms with Crippen molar-refractivity contribution < 1.29 is 0 Å². The molecule has 2 aliphatic rings. The van der Waals surface area contributed by atoms with Crippen LogP contribution in [0.3, 0.4) is 0 Å². The molecule has 1 N–H and O–H groups in total. The molecule has 2 fully saturated rings. The Balaban J connectivity index is 1.41. The molecule has 0 atom stereocenters. The van der Waals surface area contributed by atoms with Gasteiger partial charge in [0.15, 0.2) is 5.13 Å². The number of piperidine rings is 2. The average molecular weight is 294 g/mol. The van der Waals surface area contributed by atoms with Crippen LogP contribution in [-0.4, -0.2) is 54.7 Å². The summed E-state index contributed by atoms with van der Waals surface area (Å²) in [6.07, 6.45) is 7.06. The smallest absolute Gasteiger partial charge is 0.185 e. The van der Waals surface area contributed by atoms with Gasteiger partial charge in [-0.3, -0.25) is 0 Å². The van der Waals surface area contributed by atoms with Gasteiger partial charge in [0.1, 0.15) is 0 Å². The Hall–Kier alpha value is -0.650. The lowest BCUT2D eigenvalue weighted by Crippen LogP contribution is -2.49. The Kier molecular flexibility index (Phi) is 4.91. The number of hydrogen-bond donors (Lipinski definition) is 1. The van der Waals surface area contributed by atoms with E-state index < -0.39 is 0 Å². The Morgan fingerprint density at radius 1 is 1.15 bits per heavy atom. The Morgan fingerprint density at radius 3 is 2.35 bits per heavy atom. The molecule has 0 aromatic carbocycles. The zero-order chi connectivity index (χ0) is 13.8. The van der Waals surface area contributed by atoms with Gasteiger partial charge in [-0.15, -0.1) is 11.3 Å². The van der Waals surface area contributed by atoms with Crippen molar-refractivity contribution >= 4 is 16.5 Å². The quantitative estimate of drug-likeness (QED) is 0.922. The first-order valence-electron chi connectivity index (χ1n) is 7.98. The van der Waals surface area contributed by atoms with Crippen molar-refractivity contribution in [3.05, 3.63) is 11.6 Å². The zero-order valence-corrected chi connectivity index (χ0v) is 13.2. The second kappa shape index (κ2) is 6.87. The van der Waals surface area contributed by atoms with E-state index in [1.165, 1.54) is 50.4 Å². The summed E-state index contributed by atoms with van der Waals surface area (Å²) in [6, 6.07) is 1.46. The van der Waals surface area contributed by atoms with Crippen molar-refractivity contribution in [3.63, 3.8) is 0 Å². The number of rotatable bonds is 4. The minimum Gasteiger partial charge on any atom is -0.348 e. The van der Waals surface area contributed by atoms with Crippen molar-refractivity contribution in [2.75, 3.05) is 37.6 Å². The lowest BCUT2D eigenvalue weighted by atomic mass is 10.00. The summed E-state index contributed by atoms with van der Waals surface area (Å²) in [6.45, 7) is 8.32. The third-order valence-electron chi connectivity index (χ3n) is 4.69. The standard InChI is InChI=1S/C15H26N4S/c1-2-18-8-3-13(4-9-18)17-14-5-10-19(11-6-14)15-16-7-12-20-15/h7,12-14,17H,2-6,8-11H2,1H3. The molecule has 1 aromatic rings. The Labute approximate surface area is 126 Å². The van der Waals surface area contributed by atoms with Gasteiger partial charge in [0.2, 0.25) is 0 Å². The molecule has 20 heavy (non-hydrogen) atoms. The first-order chi connectivity index (χ1) is 9.85. The van der Waals surface area contributed by atoms with E-state index in [2.05, 4.69) is 32.4 Å². The molecule has 5 heteroatoms. The molecule has 2 saturated heterocycles. The summed E-state index contributed by atoms with van der Waals surface area (Å²) in [5.74, 6) is 0. The molecule has 0 unspecified atom stereocenters. The van der Waals surface area contributed by atoms with E-state index in [1.54, 1.807) is 11.3 Å². The molecule has 3 heterocycles. The lowest BCUT2D eigenvalue weighted by Gasteiger charge is -2.37. The third kappa shape index (κ3) is 3.51. The van der Waals surface area contributed by atoms with Crippen LogP contribution in [0.2, 0.25) is 0 Å². The van der Waals surface area contributed by atoms with Crippen molar-refractivity contribution in [1.82, 2.24) is 15.2 Å². The number of hydrogen-bond acceptors (Lipinski definition) is 5. The number of likely N-dealkylation sites (tertiary alicyclic amines) is 1. The molecule has 0 saturated carbocycles. The van der Waals surface area contributed by atoms with Gasteiger partial charge in [-0.05, 0) is 45.3 Å². The molecule has 0 radical (unpaired) electrons. The second-order valence-electron chi connectivity index (χ2n) is 5.95. The number of nitrogens with zero attached hydrogens (tertiary/aromatic N) is 3. The highest BCUT2D eigenvalue weighted by molar-refractivity contribution is 7.13. The summed E-state index contributed by atoms with van der Waals surface area (Å²) in [5, 5.41) is 7.16. The minimum atomic E-state index is 0.712. The topological polar surface area (TPSA) is 31.4 Å². The predicted molar refractivity (Wildman–Crippen MR) is 85.6 cm³/mol. The minimum absolute atomic E-state index is 0.712. The van der Waals surface area contributed by atoms with Gasteiger partial charge in [0, 0.05) is 36.8 Å². The van der Waals surface area contributed by atoms with Gasteiger partial charge >= 0.3 is 0 Å². The van der Waals surface area contributed by atoms with Crippen molar-refractivity contribution in [1.29, 1.82) is 0 Å². The van der Waals surface area contributed by atoms with E-state index in [9.17, 15) is 0 Å². The molecule has 0 spiro atoms. The Morgan fingerprint density at radius 2 is 1.80 bits per heavy atom. The average Bonchev–Trinajstić information content (AvgIpc) is 3.03. The van der Waals surface area contributed by atoms with Crippen LogP contribution in [0.4, 0.5) is 5.13 Å². The molecular weight excluding hydrogens is 268 g/mol. The van der Waals surface area contributed by atoms with Gasteiger partial charge in [-0.1, -0.05) is 6.92 Å². The van der Waals surface area contributed by atoms with Gasteiger partial charge < -0.3 is 15.1 Å². The number of thiazole rings is 1. The highest BCUT2D eigenvalue weighted by Gasteiger charge is 2.24. The number of nitrogens with one attached hydrogen (secondary N) is 1. The summed E-state index contributed by atoms with van der Waals surface area (Å²) >= 11 is 1.76. The number of aromatic nitrogens is 1. The molecule has 0 amide bonds. The summed E-state index contributed by atoms with van der Waals surface area (Å²) < 4.78 is 0. The van der Waals surface area contributed by atoms with Crippen LogP contribution >= 0.6 is 11.3 Å². The maximum absolute atomic E-state index is 4.42. The van der Waals surface area contributed by atoms with Gasteiger partial charge in [-0.2, -0.15) is 0 Å². The Bertz CT molecular complexity index is 379. The SMILES string of the molecule is CCN1CCC(NC2CCN(c3nccs3)CC2)CC1.